The van der Waals surface area contributed by atoms with Gasteiger partial charge in [-0.15, -0.1) is 3.89 Å². The van der Waals surface area contributed by atoms with Gasteiger partial charge in [-0.25, -0.2) is 0 Å². The average molecular weight is 268 g/mol. The van der Waals surface area contributed by atoms with Gasteiger partial charge in [0.25, 0.3) is 0 Å². The third kappa shape index (κ3) is 4.33. The van der Waals surface area contributed by atoms with E-state index in [1.807, 2.05) is 0 Å². The molecule has 0 aliphatic carbocycles. The summed E-state index contributed by atoms with van der Waals surface area (Å²) in [4.78, 5) is 3.82. The van der Waals surface area contributed by atoms with Gasteiger partial charge in [0.2, 0.25) is 0 Å². The second-order valence-corrected chi connectivity index (χ2v) is 4.91. The van der Waals surface area contributed by atoms with Crippen molar-refractivity contribution in [3.05, 3.63) is 28.5 Å². The second-order valence-electron chi connectivity index (χ2n) is 2.50. The van der Waals surface area contributed by atoms with E-state index in [9.17, 15) is 12.3 Å². The Bertz CT molecular complexity index is 393. The van der Waals surface area contributed by atoms with Crippen LogP contribution in [0.4, 0.5) is 3.89 Å². The number of rotatable bonds is 3. The molecule has 0 bridgehead atoms. The molecule has 13 heavy (non-hydrogen) atoms. The van der Waals surface area contributed by atoms with Crippen molar-refractivity contribution in [2.45, 2.75) is 6.42 Å². The molecule has 0 fully saturated rings. The maximum Gasteiger partial charge on any atom is 0.302 e. The zero-order valence-electron chi connectivity index (χ0n) is 6.57. The summed E-state index contributed by atoms with van der Waals surface area (Å²) < 4.78 is 33.2. The topological polar surface area (TPSA) is 47.0 Å². The van der Waals surface area contributed by atoms with Crippen LogP contribution in [0, 0.1) is 0 Å². The minimum Gasteiger partial charge on any atom is -0.263 e. The van der Waals surface area contributed by atoms with Gasteiger partial charge < -0.3 is 0 Å². The number of hydrogen-bond donors (Lipinski definition) is 0. The fourth-order valence-corrected chi connectivity index (χ4v) is 1.72. The Morgan fingerprint density at radius 2 is 2.15 bits per heavy atom. The van der Waals surface area contributed by atoms with Crippen LogP contribution in [-0.2, 0) is 16.6 Å². The predicted molar refractivity (Wildman–Crippen MR) is 50.5 cm³/mol. The van der Waals surface area contributed by atoms with Crippen LogP contribution in [0.15, 0.2) is 22.9 Å². The molecular weight excluding hydrogens is 261 g/mol. The first-order chi connectivity index (χ1) is 5.97. The van der Waals surface area contributed by atoms with E-state index >= 15 is 0 Å². The van der Waals surface area contributed by atoms with Gasteiger partial charge in [0.15, 0.2) is 0 Å². The Labute approximate surface area is 84.3 Å². The zero-order chi connectivity index (χ0) is 9.90. The van der Waals surface area contributed by atoms with Crippen LogP contribution in [0.25, 0.3) is 0 Å². The van der Waals surface area contributed by atoms with E-state index in [-0.39, 0.29) is 6.42 Å². The molecule has 1 aromatic heterocycles. The maximum absolute atomic E-state index is 12.1. The van der Waals surface area contributed by atoms with Gasteiger partial charge in [0, 0.05) is 16.9 Å². The molecule has 72 valence electrons. The minimum absolute atomic E-state index is 0.144. The van der Waals surface area contributed by atoms with Crippen molar-refractivity contribution in [3.63, 3.8) is 0 Å². The summed E-state index contributed by atoms with van der Waals surface area (Å²) in [5, 5.41) is 0. The van der Waals surface area contributed by atoms with E-state index in [1.165, 1.54) is 6.20 Å². The molecule has 0 saturated carbocycles. The van der Waals surface area contributed by atoms with Gasteiger partial charge in [-0.2, -0.15) is 8.42 Å². The average Bonchev–Trinajstić information content (AvgIpc) is 2.00. The van der Waals surface area contributed by atoms with Gasteiger partial charge in [-0.05, 0) is 34.0 Å². The summed E-state index contributed by atoms with van der Waals surface area (Å²) in [5.74, 6) is -0.495. The lowest BCUT2D eigenvalue weighted by atomic mass is 10.2. The molecule has 0 radical (unpaired) electrons. The normalized spacial score (nSPS) is 11.5. The fourth-order valence-electron chi connectivity index (χ4n) is 0.832. The van der Waals surface area contributed by atoms with E-state index in [2.05, 4.69) is 20.9 Å². The van der Waals surface area contributed by atoms with Crippen LogP contribution in [0.1, 0.15) is 5.56 Å². The third-order valence-corrected chi connectivity index (χ3v) is 2.52. The molecule has 1 aromatic rings. The Kier molecular flexibility index (Phi) is 3.38. The van der Waals surface area contributed by atoms with Crippen LogP contribution >= 0.6 is 15.9 Å². The SMILES string of the molecule is O=S(=O)(F)CCc1cncc(Br)c1. The molecular formula is C7H7BrFNO2S. The minimum atomic E-state index is -4.38. The first kappa shape index (κ1) is 10.6. The second kappa shape index (κ2) is 4.15. The van der Waals surface area contributed by atoms with Crippen molar-refractivity contribution in [1.29, 1.82) is 0 Å². The number of nitrogens with zero attached hydrogens (tertiary/aromatic N) is 1. The zero-order valence-corrected chi connectivity index (χ0v) is 8.98. The fraction of sp³-hybridized carbons (Fsp3) is 0.286. The van der Waals surface area contributed by atoms with Crippen molar-refractivity contribution in [2.24, 2.45) is 0 Å². The highest BCUT2D eigenvalue weighted by Crippen LogP contribution is 2.10. The van der Waals surface area contributed by atoms with Gasteiger partial charge >= 0.3 is 10.2 Å². The van der Waals surface area contributed by atoms with E-state index in [1.54, 1.807) is 12.3 Å². The predicted octanol–water partition coefficient (Wildman–Crippen LogP) is 1.69. The summed E-state index contributed by atoms with van der Waals surface area (Å²) in [5.41, 5.74) is 0.690. The quantitative estimate of drug-likeness (QED) is 0.784. The molecule has 0 spiro atoms. The molecule has 6 heteroatoms. The Balaban J connectivity index is 2.65. The van der Waals surface area contributed by atoms with E-state index in [4.69, 9.17) is 0 Å². The molecule has 0 unspecified atom stereocenters. The van der Waals surface area contributed by atoms with Crippen LogP contribution in [0.2, 0.25) is 0 Å². The molecule has 0 amide bonds. The van der Waals surface area contributed by atoms with Crippen LogP contribution in [0.5, 0.6) is 0 Å². The molecule has 0 atom stereocenters. The highest BCUT2D eigenvalue weighted by atomic mass is 79.9. The number of hydrogen-bond acceptors (Lipinski definition) is 3. The highest BCUT2D eigenvalue weighted by Gasteiger charge is 2.07. The van der Waals surface area contributed by atoms with Gasteiger partial charge in [-0.1, -0.05) is 0 Å². The molecule has 0 aliphatic rings. The van der Waals surface area contributed by atoms with E-state index < -0.39 is 16.0 Å². The number of aromatic nitrogens is 1. The lowest BCUT2D eigenvalue weighted by Gasteiger charge is -1.97. The van der Waals surface area contributed by atoms with Crippen LogP contribution < -0.4 is 0 Å². The largest absolute Gasteiger partial charge is 0.302 e. The number of pyridine rings is 1. The molecule has 3 nitrogen and oxygen atoms in total. The lowest BCUT2D eigenvalue weighted by Crippen LogP contribution is -2.02. The van der Waals surface area contributed by atoms with Crippen LogP contribution in [-0.4, -0.2) is 19.2 Å². The molecule has 0 aliphatic heterocycles. The Morgan fingerprint density at radius 3 is 2.69 bits per heavy atom. The van der Waals surface area contributed by atoms with Crippen molar-refractivity contribution < 1.29 is 12.3 Å². The van der Waals surface area contributed by atoms with Crippen molar-refractivity contribution >= 4 is 26.2 Å². The number of aryl methyl sites for hydroxylation is 1. The summed E-state index contributed by atoms with van der Waals surface area (Å²) >= 11 is 3.18. The van der Waals surface area contributed by atoms with Crippen molar-refractivity contribution in [3.8, 4) is 0 Å². The number of halogens is 2. The standard InChI is InChI=1S/C7H7BrFNO2S/c8-7-3-6(4-10-5-7)1-2-13(9,11)12/h3-5H,1-2H2. The van der Waals surface area contributed by atoms with Gasteiger partial charge in [-0.3, -0.25) is 4.98 Å². The van der Waals surface area contributed by atoms with E-state index in [0.29, 0.717) is 5.56 Å². The van der Waals surface area contributed by atoms with Gasteiger partial charge in [0.1, 0.15) is 0 Å². The summed E-state index contributed by atoms with van der Waals surface area (Å²) in [6.45, 7) is 0. The summed E-state index contributed by atoms with van der Waals surface area (Å²) in [6.07, 6.45) is 3.23. The molecule has 0 saturated heterocycles. The first-order valence-electron chi connectivity index (χ1n) is 3.49. The molecule has 0 aromatic carbocycles. The Hall–Kier alpha value is -0.490. The van der Waals surface area contributed by atoms with E-state index in [0.717, 1.165) is 4.47 Å². The summed E-state index contributed by atoms with van der Waals surface area (Å²) in [7, 11) is -4.38. The molecule has 0 N–H and O–H groups in total. The summed E-state index contributed by atoms with van der Waals surface area (Å²) in [6, 6.07) is 1.71. The maximum atomic E-state index is 12.1. The Morgan fingerprint density at radius 1 is 1.46 bits per heavy atom. The van der Waals surface area contributed by atoms with Gasteiger partial charge in [0.05, 0.1) is 5.75 Å². The highest BCUT2D eigenvalue weighted by molar-refractivity contribution is 9.10. The lowest BCUT2D eigenvalue weighted by molar-refractivity contribution is 0.551. The monoisotopic (exact) mass is 267 g/mol. The van der Waals surface area contributed by atoms with Crippen LogP contribution in [0.3, 0.4) is 0 Å². The third-order valence-electron chi connectivity index (χ3n) is 1.40. The van der Waals surface area contributed by atoms with Crippen molar-refractivity contribution in [2.75, 3.05) is 5.75 Å². The van der Waals surface area contributed by atoms with Crippen molar-refractivity contribution in [1.82, 2.24) is 4.98 Å². The molecule has 1 heterocycles. The smallest absolute Gasteiger partial charge is 0.263 e. The molecule has 1 rings (SSSR count). The first-order valence-corrected chi connectivity index (χ1v) is 5.84.